The van der Waals surface area contributed by atoms with Gasteiger partial charge in [0, 0.05) is 12.2 Å². The zero-order valence-electron chi connectivity index (χ0n) is 12.9. The lowest BCUT2D eigenvalue weighted by Gasteiger charge is -2.15. The number of hydrogen-bond acceptors (Lipinski definition) is 6. The van der Waals surface area contributed by atoms with E-state index in [1.807, 2.05) is 12.1 Å². The standard InChI is InChI=1S/C15H20N6OS/c22-14(17-12-6-3-1-2-4-7-12)11-23-15-18-19-20-21(15)13-8-5-9-16-10-13/h5,8-10,12H,1-4,6-7,11H2,(H,17,22). The Bertz CT molecular complexity index is 624. The Kier molecular flexibility index (Phi) is 5.57. The van der Waals surface area contributed by atoms with Crippen molar-refractivity contribution in [1.29, 1.82) is 0 Å². The molecule has 0 unspecified atom stereocenters. The van der Waals surface area contributed by atoms with E-state index in [1.54, 1.807) is 17.1 Å². The summed E-state index contributed by atoms with van der Waals surface area (Å²) in [6.07, 6.45) is 10.5. The Balaban J connectivity index is 1.54. The highest BCUT2D eigenvalue weighted by Crippen LogP contribution is 2.19. The zero-order chi connectivity index (χ0) is 15.9. The molecule has 1 amide bonds. The summed E-state index contributed by atoms with van der Waals surface area (Å²) in [5.41, 5.74) is 0.782. The predicted octanol–water partition coefficient (Wildman–Crippen LogP) is 1.99. The fourth-order valence-electron chi connectivity index (χ4n) is 2.73. The summed E-state index contributed by atoms with van der Waals surface area (Å²) < 4.78 is 1.59. The van der Waals surface area contributed by atoms with Gasteiger partial charge in [-0.2, -0.15) is 4.68 Å². The number of carbonyl (C=O) groups excluding carboxylic acids is 1. The molecule has 1 fully saturated rings. The number of tetrazole rings is 1. The molecule has 122 valence electrons. The summed E-state index contributed by atoms with van der Waals surface area (Å²) in [7, 11) is 0. The monoisotopic (exact) mass is 332 g/mol. The molecule has 0 bridgehead atoms. The number of pyridine rings is 1. The number of rotatable bonds is 5. The van der Waals surface area contributed by atoms with E-state index in [0.717, 1.165) is 18.5 Å². The highest BCUT2D eigenvalue weighted by atomic mass is 32.2. The normalized spacial score (nSPS) is 16.0. The van der Waals surface area contributed by atoms with E-state index in [4.69, 9.17) is 0 Å². The SMILES string of the molecule is O=C(CSc1nnnn1-c1cccnc1)NC1CCCCCC1. The van der Waals surface area contributed by atoms with Gasteiger partial charge in [0.05, 0.1) is 17.6 Å². The first-order chi connectivity index (χ1) is 11.3. The molecule has 1 aliphatic carbocycles. The van der Waals surface area contributed by atoms with Crippen LogP contribution in [0.5, 0.6) is 0 Å². The summed E-state index contributed by atoms with van der Waals surface area (Å²) in [6, 6.07) is 4.02. The number of aromatic nitrogens is 5. The van der Waals surface area contributed by atoms with Gasteiger partial charge in [-0.1, -0.05) is 37.4 Å². The first-order valence-electron chi connectivity index (χ1n) is 7.94. The number of amides is 1. The van der Waals surface area contributed by atoms with Crippen molar-refractivity contribution in [1.82, 2.24) is 30.5 Å². The first kappa shape index (κ1) is 15.9. The smallest absolute Gasteiger partial charge is 0.230 e. The van der Waals surface area contributed by atoms with Gasteiger partial charge in [0.2, 0.25) is 11.1 Å². The maximum Gasteiger partial charge on any atom is 0.230 e. The molecule has 2 aromatic heterocycles. The minimum absolute atomic E-state index is 0.0441. The van der Waals surface area contributed by atoms with Gasteiger partial charge in [-0.15, -0.1) is 5.10 Å². The third-order valence-corrected chi connectivity index (χ3v) is 4.80. The van der Waals surface area contributed by atoms with Gasteiger partial charge >= 0.3 is 0 Å². The van der Waals surface area contributed by atoms with E-state index in [-0.39, 0.29) is 5.91 Å². The molecule has 3 rings (SSSR count). The summed E-state index contributed by atoms with van der Waals surface area (Å²) in [5, 5.41) is 15.3. The van der Waals surface area contributed by atoms with Crippen LogP contribution in [0.4, 0.5) is 0 Å². The lowest BCUT2D eigenvalue weighted by Crippen LogP contribution is -2.35. The van der Waals surface area contributed by atoms with Crippen LogP contribution in [0, 0.1) is 0 Å². The van der Waals surface area contributed by atoms with Crippen LogP contribution in [0.25, 0.3) is 5.69 Å². The van der Waals surface area contributed by atoms with Gasteiger partial charge in [0.15, 0.2) is 0 Å². The highest BCUT2D eigenvalue weighted by Gasteiger charge is 2.16. The molecule has 2 heterocycles. The van der Waals surface area contributed by atoms with Crippen LogP contribution in [-0.4, -0.2) is 42.9 Å². The minimum Gasteiger partial charge on any atom is -0.353 e. The second-order valence-corrected chi connectivity index (χ2v) is 6.57. The topological polar surface area (TPSA) is 85.6 Å². The Labute approximate surface area is 139 Å². The summed E-state index contributed by atoms with van der Waals surface area (Å²) in [6.45, 7) is 0. The molecule has 0 saturated heterocycles. The number of thioether (sulfide) groups is 1. The van der Waals surface area contributed by atoms with E-state index >= 15 is 0 Å². The van der Waals surface area contributed by atoms with Crippen LogP contribution in [0.1, 0.15) is 38.5 Å². The quantitative estimate of drug-likeness (QED) is 0.666. The van der Waals surface area contributed by atoms with Crippen molar-refractivity contribution in [2.75, 3.05) is 5.75 Å². The molecule has 1 saturated carbocycles. The predicted molar refractivity (Wildman–Crippen MR) is 87.3 cm³/mol. The number of nitrogens with one attached hydrogen (secondary N) is 1. The van der Waals surface area contributed by atoms with E-state index in [2.05, 4.69) is 25.8 Å². The fraction of sp³-hybridized carbons (Fsp3) is 0.533. The Morgan fingerprint density at radius 2 is 2.13 bits per heavy atom. The Morgan fingerprint density at radius 3 is 2.87 bits per heavy atom. The van der Waals surface area contributed by atoms with Gasteiger partial charge in [-0.05, 0) is 35.4 Å². The largest absolute Gasteiger partial charge is 0.353 e. The van der Waals surface area contributed by atoms with Crippen LogP contribution in [-0.2, 0) is 4.79 Å². The molecule has 0 atom stereocenters. The number of nitrogens with zero attached hydrogens (tertiary/aromatic N) is 5. The van der Waals surface area contributed by atoms with Crippen LogP contribution < -0.4 is 5.32 Å². The van der Waals surface area contributed by atoms with Crippen molar-refractivity contribution in [3.63, 3.8) is 0 Å². The van der Waals surface area contributed by atoms with E-state index in [0.29, 0.717) is 17.0 Å². The second-order valence-electron chi connectivity index (χ2n) is 5.63. The van der Waals surface area contributed by atoms with Gasteiger partial charge in [-0.25, -0.2) is 0 Å². The fourth-order valence-corrected chi connectivity index (χ4v) is 3.44. The molecule has 2 aromatic rings. The third-order valence-electron chi connectivity index (χ3n) is 3.88. The van der Waals surface area contributed by atoms with E-state index in [1.165, 1.54) is 37.4 Å². The van der Waals surface area contributed by atoms with Crippen LogP contribution in [0.3, 0.4) is 0 Å². The Hall–Kier alpha value is -1.96. The molecule has 0 radical (unpaired) electrons. The summed E-state index contributed by atoms with van der Waals surface area (Å²) in [5.74, 6) is 0.361. The van der Waals surface area contributed by atoms with Crippen molar-refractivity contribution < 1.29 is 4.79 Å². The zero-order valence-corrected chi connectivity index (χ0v) is 13.7. The van der Waals surface area contributed by atoms with Crippen LogP contribution in [0.2, 0.25) is 0 Å². The molecule has 0 aromatic carbocycles. The number of carbonyl (C=O) groups is 1. The average molecular weight is 332 g/mol. The van der Waals surface area contributed by atoms with Crippen molar-refractivity contribution in [2.45, 2.75) is 49.7 Å². The third kappa shape index (κ3) is 4.51. The second kappa shape index (κ2) is 8.05. The number of hydrogen-bond donors (Lipinski definition) is 1. The van der Waals surface area contributed by atoms with Gasteiger partial charge in [0.1, 0.15) is 0 Å². The molecule has 0 spiro atoms. The lowest BCUT2D eigenvalue weighted by atomic mass is 10.1. The molecule has 23 heavy (non-hydrogen) atoms. The average Bonchev–Trinajstić information content (AvgIpc) is 2.91. The van der Waals surface area contributed by atoms with Crippen molar-refractivity contribution >= 4 is 17.7 Å². The molecule has 7 nitrogen and oxygen atoms in total. The van der Waals surface area contributed by atoms with Gasteiger partial charge in [0.25, 0.3) is 0 Å². The maximum atomic E-state index is 12.1. The van der Waals surface area contributed by atoms with Gasteiger partial charge in [-0.3, -0.25) is 9.78 Å². The Morgan fingerprint density at radius 1 is 1.30 bits per heavy atom. The lowest BCUT2D eigenvalue weighted by molar-refractivity contribution is -0.119. The van der Waals surface area contributed by atoms with Gasteiger partial charge < -0.3 is 5.32 Å². The molecule has 8 heteroatoms. The summed E-state index contributed by atoms with van der Waals surface area (Å²) >= 11 is 1.34. The molecule has 0 aliphatic heterocycles. The van der Waals surface area contributed by atoms with Crippen LogP contribution >= 0.6 is 11.8 Å². The van der Waals surface area contributed by atoms with Crippen molar-refractivity contribution in [3.8, 4) is 5.69 Å². The first-order valence-corrected chi connectivity index (χ1v) is 8.92. The van der Waals surface area contributed by atoms with Crippen molar-refractivity contribution in [2.24, 2.45) is 0 Å². The molecular weight excluding hydrogens is 312 g/mol. The van der Waals surface area contributed by atoms with Crippen molar-refractivity contribution in [3.05, 3.63) is 24.5 Å². The van der Waals surface area contributed by atoms with Crippen LogP contribution in [0.15, 0.2) is 29.7 Å². The van der Waals surface area contributed by atoms with E-state index in [9.17, 15) is 4.79 Å². The minimum atomic E-state index is 0.0441. The summed E-state index contributed by atoms with van der Waals surface area (Å²) in [4.78, 5) is 16.2. The maximum absolute atomic E-state index is 12.1. The molecule has 1 N–H and O–H groups in total. The highest BCUT2D eigenvalue weighted by molar-refractivity contribution is 7.99. The van der Waals surface area contributed by atoms with E-state index < -0.39 is 0 Å². The molecule has 1 aliphatic rings. The molecular formula is C15H20N6OS.